The molecule has 0 bridgehead atoms. The Kier molecular flexibility index (Phi) is 2.83. The third kappa shape index (κ3) is 2.38. The van der Waals surface area contributed by atoms with Crippen molar-refractivity contribution in [2.75, 3.05) is 7.11 Å². The Bertz CT molecular complexity index is 782. The van der Waals surface area contributed by atoms with Gasteiger partial charge in [0, 0.05) is 24.0 Å². The van der Waals surface area contributed by atoms with Gasteiger partial charge in [0.1, 0.15) is 11.4 Å². The summed E-state index contributed by atoms with van der Waals surface area (Å²) in [6, 6.07) is 5.48. The van der Waals surface area contributed by atoms with Crippen molar-refractivity contribution in [3.63, 3.8) is 0 Å². The second-order valence-electron chi connectivity index (χ2n) is 3.81. The molecule has 19 heavy (non-hydrogen) atoms. The number of ether oxygens (including phenoxy) is 1. The summed E-state index contributed by atoms with van der Waals surface area (Å²) in [6.45, 7) is 0. The van der Waals surface area contributed by atoms with Crippen molar-refractivity contribution in [2.24, 2.45) is 0 Å². The summed E-state index contributed by atoms with van der Waals surface area (Å²) >= 11 is 0. The van der Waals surface area contributed by atoms with Gasteiger partial charge < -0.3 is 4.74 Å². The van der Waals surface area contributed by atoms with Crippen LogP contribution in [-0.2, 0) is 0 Å². The fraction of sp³-hybridized carbons (Fsp3) is 0.0714. The predicted molar refractivity (Wildman–Crippen MR) is 69.8 cm³/mol. The molecule has 0 aliphatic carbocycles. The van der Waals surface area contributed by atoms with Crippen LogP contribution in [0.3, 0.4) is 0 Å². The predicted octanol–water partition coefficient (Wildman–Crippen LogP) is 1.53. The van der Waals surface area contributed by atoms with Gasteiger partial charge in [-0.15, -0.1) is 0 Å². The summed E-state index contributed by atoms with van der Waals surface area (Å²) in [4.78, 5) is 8.42. The number of fused-ring (bicyclic) bond motifs is 1. The van der Waals surface area contributed by atoms with Crippen LogP contribution in [0.25, 0.3) is 5.65 Å². The molecule has 0 atom stereocenters. The van der Waals surface area contributed by atoms with Crippen LogP contribution in [0.2, 0.25) is 0 Å². The molecule has 3 rings (SSSR count). The van der Waals surface area contributed by atoms with Crippen LogP contribution >= 0.6 is 0 Å². The summed E-state index contributed by atoms with van der Waals surface area (Å²) in [6.07, 6.45) is 6.86. The lowest BCUT2D eigenvalue weighted by molar-refractivity contribution is 0.413. The Hall–Kier alpha value is -2.87. The highest BCUT2D eigenvalue weighted by molar-refractivity contribution is 5.44. The van der Waals surface area contributed by atoms with Crippen molar-refractivity contribution in [1.82, 2.24) is 19.6 Å². The lowest BCUT2D eigenvalue weighted by Crippen LogP contribution is -1.91. The van der Waals surface area contributed by atoms with Gasteiger partial charge in [-0.3, -0.25) is 4.98 Å². The van der Waals surface area contributed by atoms with Gasteiger partial charge in [0.05, 0.1) is 19.5 Å². The van der Waals surface area contributed by atoms with E-state index in [1.54, 1.807) is 30.2 Å². The number of hydrogen-bond acceptors (Lipinski definition) is 4. The van der Waals surface area contributed by atoms with Crippen LogP contribution in [0.1, 0.15) is 11.3 Å². The zero-order valence-corrected chi connectivity index (χ0v) is 10.2. The van der Waals surface area contributed by atoms with Crippen LogP contribution in [0, 0.1) is 11.8 Å². The molecule has 92 valence electrons. The van der Waals surface area contributed by atoms with Gasteiger partial charge in [-0.25, -0.2) is 9.50 Å². The Labute approximate surface area is 109 Å². The monoisotopic (exact) mass is 250 g/mol. The molecule has 0 aliphatic rings. The molecule has 0 spiro atoms. The van der Waals surface area contributed by atoms with Gasteiger partial charge in [0.25, 0.3) is 0 Å². The summed E-state index contributed by atoms with van der Waals surface area (Å²) < 4.78 is 6.79. The van der Waals surface area contributed by atoms with E-state index in [-0.39, 0.29) is 0 Å². The molecule has 3 aromatic heterocycles. The molecule has 0 saturated heterocycles. The van der Waals surface area contributed by atoms with Gasteiger partial charge in [0.2, 0.25) is 0 Å². The van der Waals surface area contributed by atoms with Gasteiger partial charge in [-0.2, -0.15) is 5.10 Å². The molecule has 0 radical (unpaired) electrons. The molecular weight excluding hydrogens is 240 g/mol. The molecule has 0 saturated carbocycles. The Morgan fingerprint density at radius 3 is 3.05 bits per heavy atom. The summed E-state index contributed by atoms with van der Waals surface area (Å²) in [5.74, 6) is 6.69. The molecule has 0 unspecified atom stereocenters. The van der Waals surface area contributed by atoms with E-state index in [2.05, 4.69) is 26.9 Å². The van der Waals surface area contributed by atoms with Crippen molar-refractivity contribution in [3.8, 4) is 17.6 Å². The van der Waals surface area contributed by atoms with Crippen LogP contribution in [0.5, 0.6) is 5.75 Å². The van der Waals surface area contributed by atoms with Crippen LogP contribution < -0.4 is 4.74 Å². The van der Waals surface area contributed by atoms with Gasteiger partial charge in [-0.1, -0.05) is 5.92 Å². The first-order valence-corrected chi connectivity index (χ1v) is 5.66. The Morgan fingerprint density at radius 2 is 2.16 bits per heavy atom. The average Bonchev–Trinajstić information content (AvgIpc) is 2.93. The van der Waals surface area contributed by atoms with E-state index < -0.39 is 0 Å². The standard InChI is InChI=1S/C14H10N4O/c1-19-13-8-11(9-15-10-13)2-3-12-5-7-18-14(17-12)4-6-16-18/h4-10H,1H3. The molecule has 0 N–H and O–H groups in total. The highest BCUT2D eigenvalue weighted by Crippen LogP contribution is 2.09. The quantitative estimate of drug-likeness (QED) is 0.615. The van der Waals surface area contributed by atoms with E-state index in [9.17, 15) is 0 Å². The Morgan fingerprint density at radius 1 is 1.21 bits per heavy atom. The van der Waals surface area contributed by atoms with Crippen LogP contribution in [0.15, 0.2) is 43.0 Å². The third-order valence-electron chi connectivity index (χ3n) is 2.54. The second kappa shape index (κ2) is 4.78. The number of methoxy groups -OCH3 is 1. The van der Waals surface area contributed by atoms with Crippen molar-refractivity contribution in [2.45, 2.75) is 0 Å². The van der Waals surface area contributed by atoms with E-state index >= 15 is 0 Å². The first kappa shape index (κ1) is 11.2. The summed E-state index contributed by atoms with van der Waals surface area (Å²) in [7, 11) is 1.60. The number of nitrogens with zero attached hydrogens (tertiary/aromatic N) is 4. The summed E-state index contributed by atoms with van der Waals surface area (Å²) in [5.41, 5.74) is 2.25. The van der Waals surface area contributed by atoms with E-state index in [1.165, 1.54) is 0 Å². The average molecular weight is 250 g/mol. The fourth-order valence-electron chi connectivity index (χ4n) is 1.62. The number of rotatable bonds is 1. The SMILES string of the molecule is COc1cncc(C#Cc2ccn3nccc3n2)c1. The van der Waals surface area contributed by atoms with Gasteiger partial charge >= 0.3 is 0 Å². The highest BCUT2D eigenvalue weighted by Gasteiger charge is 1.96. The first-order chi connectivity index (χ1) is 9.35. The number of hydrogen-bond donors (Lipinski definition) is 0. The molecule has 5 nitrogen and oxygen atoms in total. The van der Waals surface area contributed by atoms with Gasteiger partial charge in [0.15, 0.2) is 5.65 Å². The molecule has 3 heterocycles. The summed E-state index contributed by atoms with van der Waals surface area (Å²) in [5, 5.41) is 4.08. The largest absolute Gasteiger partial charge is 0.495 e. The van der Waals surface area contributed by atoms with Crippen molar-refractivity contribution < 1.29 is 4.74 Å². The maximum atomic E-state index is 5.10. The maximum absolute atomic E-state index is 5.10. The first-order valence-electron chi connectivity index (χ1n) is 5.66. The zero-order chi connectivity index (χ0) is 13.1. The van der Waals surface area contributed by atoms with Crippen molar-refractivity contribution in [3.05, 3.63) is 54.2 Å². The zero-order valence-electron chi connectivity index (χ0n) is 10.2. The minimum Gasteiger partial charge on any atom is -0.495 e. The molecule has 5 heteroatoms. The van der Waals surface area contributed by atoms with E-state index in [1.807, 2.05) is 24.4 Å². The number of aromatic nitrogens is 4. The third-order valence-corrected chi connectivity index (χ3v) is 2.54. The molecule has 3 aromatic rings. The lowest BCUT2D eigenvalue weighted by Gasteiger charge is -1.97. The maximum Gasteiger partial charge on any atom is 0.156 e. The lowest BCUT2D eigenvalue weighted by atomic mass is 10.2. The second-order valence-corrected chi connectivity index (χ2v) is 3.81. The van der Waals surface area contributed by atoms with E-state index in [0.717, 1.165) is 11.2 Å². The van der Waals surface area contributed by atoms with Crippen LogP contribution in [0.4, 0.5) is 0 Å². The smallest absolute Gasteiger partial charge is 0.156 e. The fourth-order valence-corrected chi connectivity index (χ4v) is 1.62. The molecule has 0 amide bonds. The normalized spacial score (nSPS) is 9.95. The minimum absolute atomic E-state index is 0.686. The molecule has 0 aromatic carbocycles. The van der Waals surface area contributed by atoms with Crippen LogP contribution in [-0.4, -0.2) is 26.7 Å². The topological polar surface area (TPSA) is 52.3 Å². The van der Waals surface area contributed by atoms with E-state index in [4.69, 9.17) is 4.74 Å². The van der Waals surface area contributed by atoms with Gasteiger partial charge in [-0.05, 0) is 18.1 Å². The van der Waals surface area contributed by atoms with Crippen molar-refractivity contribution >= 4 is 5.65 Å². The van der Waals surface area contributed by atoms with E-state index in [0.29, 0.717) is 11.4 Å². The number of pyridine rings is 1. The molecular formula is C14H10N4O. The minimum atomic E-state index is 0.686. The highest BCUT2D eigenvalue weighted by atomic mass is 16.5. The molecule has 0 aliphatic heterocycles. The van der Waals surface area contributed by atoms with Crippen molar-refractivity contribution in [1.29, 1.82) is 0 Å². The Balaban J connectivity index is 1.93. The molecule has 0 fully saturated rings.